The van der Waals surface area contributed by atoms with Gasteiger partial charge in [0.1, 0.15) is 11.6 Å². The molecule has 1 heterocycles. The van der Waals surface area contributed by atoms with Crippen LogP contribution in [0.5, 0.6) is 0 Å². The van der Waals surface area contributed by atoms with E-state index in [0.29, 0.717) is 25.9 Å². The fraction of sp³-hybridized carbons (Fsp3) is 0.300. The van der Waals surface area contributed by atoms with Crippen molar-refractivity contribution in [2.24, 2.45) is 5.92 Å². The van der Waals surface area contributed by atoms with Crippen LogP contribution in [0.25, 0.3) is 0 Å². The number of para-hydroxylation sites is 1. The van der Waals surface area contributed by atoms with Crippen LogP contribution in [-0.2, 0) is 9.59 Å². The summed E-state index contributed by atoms with van der Waals surface area (Å²) in [4.78, 5) is 26.5. The topological polar surface area (TPSA) is 49.4 Å². The average Bonchev–Trinajstić information content (AvgIpc) is 2.69. The Kier molecular flexibility index (Phi) is 6.45. The summed E-state index contributed by atoms with van der Waals surface area (Å²) in [7, 11) is 0. The molecule has 7 heteroatoms. The zero-order chi connectivity index (χ0) is 19.2. The van der Waals surface area contributed by atoms with Crippen molar-refractivity contribution in [3.8, 4) is 0 Å². The van der Waals surface area contributed by atoms with Crippen LogP contribution in [-0.4, -0.2) is 35.6 Å². The number of hydrogen-bond acceptors (Lipinski definition) is 3. The number of nitrogens with zero attached hydrogens (tertiary/aromatic N) is 1. The number of thioether (sulfide) groups is 1. The highest BCUT2D eigenvalue weighted by atomic mass is 32.2. The highest BCUT2D eigenvalue weighted by Crippen LogP contribution is 2.25. The van der Waals surface area contributed by atoms with Crippen molar-refractivity contribution in [3.63, 3.8) is 0 Å². The number of hydrogen-bond donors (Lipinski definition) is 1. The van der Waals surface area contributed by atoms with Crippen molar-refractivity contribution in [3.05, 3.63) is 60.2 Å². The average molecular weight is 390 g/mol. The Morgan fingerprint density at radius 1 is 1.07 bits per heavy atom. The Hall–Kier alpha value is -2.41. The maximum absolute atomic E-state index is 13.6. The van der Waals surface area contributed by atoms with Gasteiger partial charge in [0, 0.05) is 29.6 Å². The smallest absolute Gasteiger partial charge is 0.232 e. The number of amides is 2. The number of halogens is 2. The van der Waals surface area contributed by atoms with Crippen molar-refractivity contribution in [2.75, 3.05) is 24.2 Å². The maximum atomic E-state index is 13.6. The monoisotopic (exact) mass is 390 g/mol. The van der Waals surface area contributed by atoms with Crippen LogP contribution in [0, 0.1) is 17.6 Å². The predicted octanol–water partition coefficient (Wildman–Crippen LogP) is 3.93. The molecule has 0 spiro atoms. The zero-order valence-corrected chi connectivity index (χ0v) is 15.5. The Labute approximate surface area is 160 Å². The van der Waals surface area contributed by atoms with Gasteiger partial charge < -0.3 is 10.2 Å². The first-order valence-corrected chi connectivity index (χ1v) is 9.73. The number of piperidine rings is 1. The van der Waals surface area contributed by atoms with Gasteiger partial charge in [-0.25, -0.2) is 8.78 Å². The molecule has 0 aromatic heterocycles. The largest absolute Gasteiger partial charge is 0.342 e. The highest BCUT2D eigenvalue weighted by Gasteiger charge is 2.27. The van der Waals surface area contributed by atoms with Crippen molar-refractivity contribution in [1.29, 1.82) is 0 Å². The van der Waals surface area contributed by atoms with E-state index in [1.165, 1.54) is 0 Å². The van der Waals surface area contributed by atoms with E-state index >= 15 is 0 Å². The summed E-state index contributed by atoms with van der Waals surface area (Å²) >= 11 is 0.986. The van der Waals surface area contributed by atoms with E-state index in [2.05, 4.69) is 5.32 Å². The molecule has 0 atom stereocenters. The van der Waals surface area contributed by atoms with Gasteiger partial charge in [-0.05, 0) is 43.2 Å². The number of benzene rings is 2. The molecule has 27 heavy (non-hydrogen) atoms. The number of rotatable bonds is 5. The van der Waals surface area contributed by atoms with Gasteiger partial charge in [-0.1, -0.05) is 18.2 Å². The van der Waals surface area contributed by atoms with Gasteiger partial charge in [0.2, 0.25) is 11.8 Å². The fourth-order valence-corrected chi connectivity index (χ4v) is 3.84. The lowest BCUT2D eigenvalue weighted by Crippen LogP contribution is -2.42. The molecule has 2 amide bonds. The fourth-order valence-electron chi connectivity index (χ4n) is 2.98. The van der Waals surface area contributed by atoms with Crippen LogP contribution in [0.2, 0.25) is 0 Å². The van der Waals surface area contributed by atoms with Gasteiger partial charge >= 0.3 is 0 Å². The first-order valence-electron chi connectivity index (χ1n) is 8.74. The Bertz CT molecular complexity index is 809. The standard InChI is InChI=1S/C20H20F2N2O2S/c21-15-6-7-17(22)18(12-15)27-13-19(25)24-10-8-14(9-11-24)20(26)23-16-4-2-1-3-5-16/h1-7,12,14H,8-11,13H2,(H,23,26). The van der Waals surface area contributed by atoms with Crippen molar-refractivity contribution in [1.82, 2.24) is 4.90 Å². The van der Waals surface area contributed by atoms with Gasteiger partial charge in [0.05, 0.1) is 5.75 Å². The summed E-state index contributed by atoms with van der Waals surface area (Å²) in [5.74, 6) is -1.33. The molecule has 2 aromatic carbocycles. The van der Waals surface area contributed by atoms with E-state index in [1.54, 1.807) is 4.90 Å². The van der Waals surface area contributed by atoms with E-state index in [9.17, 15) is 18.4 Å². The third-order valence-corrected chi connectivity index (χ3v) is 5.52. The Morgan fingerprint density at radius 2 is 1.78 bits per heavy atom. The second-order valence-corrected chi connectivity index (χ2v) is 7.39. The van der Waals surface area contributed by atoms with Crippen molar-refractivity contribution < 1.29 is 18.4 Å². The molecule has 1 aliphatic heterocycles. The minimum absolute atomic E-state index is 0.0375. The van der Waals surface area contributed by atoms with Gasteiger partial charge in [0.15, 0.2) is 0 Å². The Morgan fingerprint density at radius 3 is 2.48 bits per heavy atom. The van der Waals surface area contributed by atoms with Gasteiger partial charge in [-0.2, -0.15) is 0 Å². The zero-order valence-electron chi connectivity index (χ0n) is 14.7. The summed E-state index contributed by atoms with van der Waals surface area (Å²) in [6.07, 6.45) is 1.17. The molecule has 3 rings (SSSR count). The first-order chi connectivity index (χ1) is 13.0. The predicted molar refractivity (Wildman–Crippen MR) is 101 cm³/mol. The summed E-state index contributed by atoms with van der Waals surface area (Å²) < 4.78 is 26.8. The first kappa shape index (κ1) is 19.4. The van der Waals surface area contributed by atoms with E-state index in [4.69, 9.17) is 0 Å². The third-order valence-electron chi connectivity index (χ3n) is 4.50. The van der Waals surface area contributed by atoms with Gasteiger partial charge in [-0.3, -0.25) is 9.59 Å². The highest BCUT2D eigenvalue weighted by molar-refractivity contribution is 8.00. The molecule has 0 aliphatic carbocycles. The molecule has 1 fully saturated rings. The minimum atomic E-state index is -0.537. The van der Waals surface area contributed by atoms with Crippen molar-refractivity contribution >= 4 is 29.3 Å². The van der Waals surface area contributed by atoms with E-state index < -0.39 is 11.6 Å². The number of nitrogens with one attached hydrogen (secondary N) is 1. The molecule has 1 N–H and O–H groups in total. The second-order valence-electron chi connectivity index (χ2n) is 6.37. The normalized spacial score (nSPS) is 14.8. The van der Waals surface area contributed by atoms with Crippen LogP contribution in [0.3, 0.4) is 0 Å². The number of carbonyl (C=O) groups is 2. The minimum Gasteiger partial charge on any atom is -0.342 e. The molecule has 0 bridgehead atoms. The van der Waals surface area contributed by atoms with Gasteiger partial charge in [0.25, 0.3) is 0 Å². The molecule has 0 radical (unpaired) electrons. The van der Waals surface area contributed by atoms with Crippen LogP contribution in [0.4, 0.5) is 14.5 Å². The molecule has 142 valence electrons. The summed E-state index contributed by atoms with van der Waals surface area (Å²) in [5, 5.41) is 2.89. The van der Waals surface area contributed by atoms with Crippen molar-refractivity contribution in [2.45, 2.75) is 17.7 Å². The van der Waals surface area contributed by atoms with Gasteiger partial charge in [-0.15, -0.1) is 11.8 Å². The second kappa shape index (κ2) is 8.99. The Balaban J connectivity index is 1.46. The van der Waals surface area contributed by atoms with E-state index in [-0.39, 0.29) is 28.4 Å². The van der Waals surface area contributed by atoms with Crippen LogP contribution < -0.4 is 5.32 Å². The van der Waals surface area contributed by atoms with E-state index in [0.717, 1.165) is 35.6 Å². The summed E-state index contributed by atoms with van der Waals surface area (Å²) in [6.45, 7) is 0.968. The van der Waals surface area contributed by atoms with Crippen LogP contribution in [0.15, 0.2) is 53.4 Å². The lowest BCUT2D eigenvalue weighted by atomic mass is 9.96. The molecule has 1 aliphatic rings. The third kappa shape index (κ3) is 5.29. The SMILES string of the molecule is O=C(Nc1ccccc1)C1CCN(C(=O)CSc2cc(F)ccc2F)CC1. The molecule has 1 saturated heterocycles. The number of likely N-dealkylation sites (tertiary alicyclic amines) is 1. The van der Waals surface area contributed by atoms with Crippen LogP contribution in [0.1, 0.15) is 12.8 Å². The number of anilines is 1. The summed E-state index contributed by atoms with van der Waals surface area (Å²) in [5.41, 5.74) is 0.759. The molecular formula is C20H20F2N2O2S. The molecular weight excluding hydrogens is 370 g/mol. The van der Waals surface area contributed by atoms with E-state index in [1.807, 2.05) is 30.3 Å². The van der Waals surface area contributed by atoms with Crippen LogP contribution >= 0.6 is 11.8 Å². The molecule has 4 nitrogen and oxygen atoms in total. The lowest BCUT2D eigenvalue weighted by molar-refractivity contribution is -0.132. The summed E-state index contributed by atoms with van der Waals surface area (Å²) in [6, 6.07) is 12.5. The molecule has 0 unspecified atom stereocenters. The number of carbonyl (C=O) groups excluding carboxylic acids is 2. The quantitative estimate of drug-likeness (QED) is 0.787. The molecule has 2 aromatic rings. The maximum Gasteiger partial charge on any atom is 0.232 e. The molecule has 0 saturated carbocycles. The lowest BCUT2D eigenvalue weighted by Gasteiger charge is -2.31.